The molecule has 0 radical (unpaired) electrons. The van der Waals surface area contributed by atoms with Gasteiger partial charge in [-0.2, -0.15) is 0 Å². The van der Waals surface area contributed by atoms with E-state index in [1.54, 1.807) is 24.3 Å². The summed E-state index contributed by atoms with van der Waals surface area (Å²) in [6.07, 6.45) is -0.0829. The van der Waals surface area contributed by atoms with Crippen molar-refractivity contribution in [1.29, 1.82) is 0 Å². The largest absolute Gasteiger partial charge is 0.481 e. The fourth-order valence-corrected chi connectivity index (χ4v) is 1.62. The molecule has 17 heavy (non-hydrogen) atoms. The van der Waals surface area contributed by atoms with Crippen LogP contribution in [0.4, 0.5) is 10.5 Å². The number of hydrogen-bond donors (Lipinski definition) is 2. The highest BCUT2D eigenvalue weighted by molar-refractivity contribution is 6.19. The quantitative estimate of drug-likeness (QED) is 0.740. The maximum absolute atomic E-state index is 11.4. The Morgan fingerprint density at radius 3 is 2.41 bits per heavy atom. The Hall–Kier alpha value is -2.37. The summed E-state index contributed by atoms with van der Waals surface area (Å²) in [6.45, 7) is -0.00426. The lowest BCUT2D eigenvalue weighted by Gasteiger charge is -2.12. The molecular formula is C11H10N2O4. The van der Waals surface area contributed by atoms with E-state index in [9.17, 15) is 14.4 Å². The van der Waals surface area contributed by atoms with Crippen LogP contribution in [-0.4, -0.2) is 29.6 Å². The first-order valence-corrected chi connectivity index (χ1v) is 4.99. The van der Waals surface area contributed by atoms with Crippen molar-refractivity contribution in [2.75, 3.05) is 11.4 Å². The Morgan fingerprint density at radius 1 is 1.29 bits per heavy atom. The van der Waals surface area contributed by atoms with E-state index in [1.165, 1.54) is 0 Å². The zero-order valence-electron chi connectivity index (χ0n) is 8.84. The monoisotopic (exact) mass is 234 g/mol. The first-order valence-electron chi connectivity index (χ1n) is 4.99. The lowest BCUT2D eigenvalue weighted by Crippen LogP contribution is -2.30. The number of imide groups is 1. The molecule has 1 saturated heterocycles. The minimum absolute atomic E-state index is 0.00426. The molecule has 1 aromatic carbocycles. The number of carboxylic acids is 1. The fraction of sp³-hybridized carbons (Fsp3) is 0.182. The molecule has 1 heterocycles. The van der Waals surface area contributed by atoms with Crippen molar-refractivity contribution in [2.45, 2.75) is 6.42 Å². The molecule has 1 fully saturated rings. The normalized spacial score (nSPS) is 14.9. The molecule has 3 amide bonds. The third-order valence-electron chi connectivity index (χ3n) is 2.39. The van der Waals surface area contributed by atoms with E-state index >= 15 is 0 Å². The van der Waals surface area contributed by atoms with E-state index in [2.05, 4.69) is 5.32 Å². The summed E-state index contributed by atoms with van der Waals surface area (Å²) in [5.41, 5.74) is 1.06. The van der Waals surface area contributed by atoms with Crippen LogP contribution in [0.2, 0.25) is 0 Å². The van der Waals surface area contributed by atoms with Crippen molar-refractivity contribution in [1.82, 2.24) is 5.32 Å². The van der Waals surface area contributed by atoms with E-state index < -0.39 is 12.0 Å². The predicted octanol–water partition coefficient (Wildman–Crippen LogP) is 0.370. The van der Waals surface area contributed by atoms with E-state index in [-0.39, 0.29) is 18.9 Å². The summed E-state index contributed by atoms with van der Waals surface area (Å²) in [6, 6.07) is 5.83. The highest BCUT2D eigenvalue weighted by Crippen LogP contribution is 2.18. The third-order valence-corrected chi connectivity index (χ3v) is 2.39. The van der Waals surface area contributed by atoms with Crippen LogP contribution in [0.1, 0.15) is 5.56 Å². The van der Waals surface area contributed by atoms with Crippen LogP contribution in [0.5, 0.6) is 0 Å². The molecule has 0 aromatic heterocycles. The molecular weight excluding hydrogens is 224 g/mol. The summed E-state index contributed by atoms with van der Waals surface area (Å²) in [4.78, 5) is 34.3. The van der Waals surface area contributed by atoms with Gasteiger partial charge in [0.25, 0.3) is 5.91 Å². The van der Waals surface area contributed by atoms with E-state index in [0.717, 1.165) is 4.90 Å². The van der Waals surface area contributed by atoms with Crippen molar-refractivity contribution in [3.8, 4) is 0 Å². The minimum atomic E-state index is -0.923. The predicted molar refractivity (Wildman–Crippen MR) is 58.7 cm³/mol. The molecule has 6 nitrogen and oxygen atoms in total. The van der Waals surface area contributed by atoms with Gasteiger partial charge in [-0.3, -0.25) is 9.59 Å². The Bertz CT molecular complexity index is 465. The topological polar surface area (TPSA) is 86.7 Å². The number of carbonyl (C=O) groups excluding carboxylic acids is 2. The lowest BCUT2D eigenvalue weighted by molar-refractivity contribution is -0.136. The molecule has 2 rings (SSSR count). The Balaban J connectivity index is 2.20. The number of amides is 3. The fourth-order valence-electron chi connectivity index (χ4n) is 1.62. The number of benzene rings is 1. The molecule has 0 saturated carbocycles. The number of hydrogen-bond acceptors (Lipinski definition) is 3. The number of rotatable bonds is 3. The van der Waals surface area contributed by atoms with Crippen LogP contribution in [-0.2, 0) is 16.0 Å². The van der Waals surface area contributed by atoms with E-state index in [4.69, 9.17) is 5.11 Å². The minimum Gasteiger partial charge on any atom is -0.481 e. The van der Waals surface area contributed by atoms with Gasteiger partial charge in [-0.15, -0.1) is 0 Å². The van der Waals surface area contributed by atoms with E-state index in [1.807, 2.05) is 0 Å². The zero-order valence-corrected chi connectivity index (χ0v) is 8.84. The van der Waals surface area contributed by atoms with Crippen LogP contribution in [0, 0.1) is 0 Å². The average molecular weight is 234 g/mol. The van der Waals surface area contributed by atoms with Gasteiger partial charge < -0.3 is 10.4 Å². The van der Waals surface area contributed by atoms with Crippen LogP contribution in [0.15, 0.2) is 24.3 Å². The summed E-state index contributed by atoms with van der Waals surface area (Å²) >= 11 is 0. The number of aliphatic carboxylic acids is 1. The van der Waals surface area contributed by atoms with Crippen LogP contribution >= 0.6 is 0 Å². The molecule has 6 heteroatoms. The number of carboxylic acid groups (broad SMARTS) is 1. The molecule has 0 aliphatic carbocycles. The Kier molecular flexibility index (Phi) is 2.78. The standard InChI is InChI=1S/C11H10N2O4/c14-9-6-12-11(17)13(9)8-3-1-7(2-4-8)5-10(15)16/h1-4H,5-6H2,(H,12,17)(H,15,16). The van der Waals surface area contributed by atoms with Crippen molar-refractivity contribution in [2.24, 2.45) is 0 Å². The molecule has 2 N–H and O–H groups in total. The van der Waals surface area contributed by atoms with Gasteiger partial charge in [0.2, 0.25) is 0 Å². The molecule has 0 unspecified atom stereocenters. The van der Waals surface area contributed by atoms with Crippen LogP contribution in [0.25, 0.3) is 0 Å². The maximum Gasteiger partial charge on any atom is 0.329 e. The first-order chi connectivity index (χ1) is 8.08. The number of nitrogens with one attached hydrogen (secondary N) is 1. The average Bonchev–Trinajstić information content (AvgIpc) is 2.59. The van der Waals surface area contributed by atoms with Gasteiger partial charge in [-0.25, -0.2) is 9.69 Å². The molecule has 1 aliphatic heterocycles. The summed E-state index contributed by atoms with van der Waals surface area (Å²) in [5.74, 6) is -1.24. The Morgan fingerprint density at radius 2 is 1.94 bits per heavy atom. The molecule has 1 aliphatic rings. The molecule has 1 aromatic rings. The smallest absolute Gasteiger partial charge is 0.329 e. The molecule has 88 valence electrons. The van der Waals surface area contributed by atoms with Crippen molar-refractivity contribution in [3.63, 3.8) is 0 Å². The van der Waals surface area contributed by atoms with Crippen molar-refractivity contribution < 1.29 is 19.5 Å². The SMILES string of the molecule is O=C(O)Cc1ccc(N2C(=O)CNC2=O)cc1. The van der Waals surface area contributed by atoms with E-state index in [0.29, 0.717) is 11.3 Å². The van der Waals surface area contributed by atoms with Crippen molar-refractivity contribution >= 4 is 23.6 Å². The number of carbonyl (C=O) groups is 3. The summed E-state index contributed by atoms with van der Waals surface area (Å²) < 4.78 is 0. The van der Waals surface area contributed by atoms with Gasteiger partial charge in [-0.05, 0) is 17.7 Å². The maximum atomic E-state index is 11.4. The number of anilines is 1. The lowest BCUT2D eigenvalue weighted by atomic mass is 10.1. The zero-order chi connectivity index (χ0) is 12.4. The van der Waals surface area contributed by atoms with Gasteiger partial charge >= 0.3 is 12.0 Å². The number of nitrogens with zero attached hydrogens (tertiary/aromatic N) is 1. The summed E-state index contributed by atoms with van der Waals surface area (Å²) in [5, 5.41) is 11.0. The van der Waals surface area contributed by atoms with Gasteiger partial charge in [0, 0.05) is 0 Å². The van der Waals surface area contributed by atoms with Gasteiger partial charge in [0.15, 0.2) is 0 Å². The highest BCUT2D eigenvalue weighted by Gasteiger charge is 2.29. The molecule has 0 spiro atoms. The van der Waals surface area contributed by atoms with Gasteiger partial charge in [0.1, 0.15) is 0 Å². The first kappa shape index (κ1) is 11.1. The van der Waals surface area contributed by atoms with Gasteiger partial charge in [0.05, 0.1) is 18.7 Å². The van der Waals surface area contributed by atoms with Crippen LogP contribution < -0.4 is 10.2 Å². The van der Waals surface area contributed by atoms with Gasteiger partial charge in [-0.1, -0.05) is 12.1 Å². The second kappa shape index (κ2) is 4.25. The Labute approximate surface area is 96.8 Å². The highest BCUT2D eigenvalue weighted by atomic mass is 16.4. The second-order valence-corrected chi connectivity index (χ2v) is 3.62. The van der Waals surface area contributed by atoms with Crippen LogP contribution in [0.3, 0.4) is 0 Å². The van der Waals surface area contributed by atoms with Crippen molar-refractivity contribution in [3.05, 3.63) is 29.8 Å². The molecule has 0 bridgehead atoms. The number of urea groups is 1. The molecule has 0 atom stereocenters. The second-order valence-electron chi connectivity index (χ2n) is 3.62. The summed E-state index contributed by atoms with van der Waals surface area (Å²) in [7, 11) is 0. The third kappa shape index (κ3) is 2.25.